The van der Waals surface area contributed by atoms with E-state index in [4.69, 9.17) is 23.9 Å². The summed E-state index contributed by atoms with van der Waals surface area (Å²) in [5.74, 6) is -0.421. The van der Waals surface area contributed by atoms with Crippen molar-refractivity contribution in [3.05, 3.63) is 64.9 Å². The number of halogens is 2. The van der Waals surface area contributed by atoms with E-state index in [0.29, 0.717) is 73.5 Å². The fourth-order valence-electron chi connectivity index (χ4n) is 4.31. The lowest BCUT2D eigenvalue weighted by Crippen LogP contribution is -2.39. The third kappa shape index (κ3) is 5.26. The van der Waals surface area contributed by atoms with Gasteiger partial charge < -0.3 is 28.7 Å². The molecule has 0 N–H and O–H groups in total. The Morgan fingerprint density at radius 2 is 1.70 bits per heavy atom. The average Bonchev–Trinajstić information content (AvgIpc) is 2.93. The number of carbonyl (C=O) groups is 1. The predicted octanol–water partition coefficient (Wildman–Crippen LogP) is 3.60. The van der Waals surface area contributed by atoms with Gasteiger partial charge in [0.05, 0.1) is 45.2 Å². The highest BCUT2D eigenvalue weighted by Gasteiger charge is 2.29. The minimum absolute atomic E-state index is 0.123. The number of hydrogen-bond acceptors (Lipinski definition) is 8. The monoisotopic (exact) mass is 512 g/mol. The molecule has 3 aromatic rings. The molecule has 0 unspecified atom stereocenters. The van der Waals surface area contributed by atoms with Gasteiger partial charge in [-0.3, -0.25) is 4.79 Å². The van der Waals surface area contributed by atoms with Crippen LogP contribution >= 0.6 is 0 Å². The molecule has 1 amide bonds. The largest absolute Gasteiger partial charge is 0.497 e. The zero-order valence-electron chi connectivity index (χ0n) is 20.5. The fraction of sp³-hybridized carbons (Fsp3) is 0.346. The van der Waals surface area contributed by atoms with E-state index in [9.17, 15) is 13.6 Å². The number of anilines is 1. The van der Waals surface area contributed by atoms with Gasteiger partial charge in [0.15, 0.2) is 11.6 Å². The second kappa shape index (κ2) is 10.6. The first-order valence-corrected chi connectivity index (χ1v) is 11.8. The normalized spacial score (nSPS) is 15.2. The number of carbonyl (C=O) groups excluding carboxylic acids is 1. The maximum absolute atomic E-state index is 14.5. The number of fused-ring (bicyclic) bond motifs is 1. The molecule has 194 valence electrons. The number of benzene rings is 2. The van der Waals surface area contributed by atoms with Crippen molar-refractivity contribution in [2.75, 3.05) is 52.0 Å². The first kappa shape index (κ1) is 24.7. The van der Waals surface area contributed by atoms with Crippen molar-refractivity contribution in [3.63, 3.8) is 0 Å². The lowest BCUT2D eigenvalue weighted by Gasteiger charge is -2.32. The summed E-state index contributed by atoms with van der Waals surface area (Å²) in [7, 11) is 3.03. The van der Waals surface area contributed by atoms with Crippen molar-refractivity contribution in [1.29, 1.82) is 0 Å². The van der Waals surface area contributed by atoms with E-state index < -0.39 is 11.6 Å². The van der Waals surface area contributed by atoms with Crippen molar-refractivity contribution in [3.8, 4) is 23.1 Å². The SMILES string of the molecule is COc1cc(OC)cc(C(=O)N2CCc3nc(N4CCOCC4)nc(Oc4ccc(F)cc4F)c3C2)c1. The van der Waals surface area contributed by atoms with Gasteiger partial charge in [0.1, 0.15) is 17.3 Å². The number of ether oxygens (including phenoxy) is 4. The van der Waals surface area contributed by atoms with Crippen LogP contribution in [-0.4, -0.2) is 67.8 Å². The summed E-state index contributed by atoms with van der Waals surface area (Å²) < 4.78 is 49.8. The number of hydrogen-bond donors (Lipinski definition) is 0. The van der Waals surface area contributed by atoms with Crippen molar-refractivity contribution in [2.24, 2.45) is 0 Å². The van der Waals surface area contributed by atoms with Crippen LogP contribution in [0.3, 0.4) is 0 Å². The Morgan fingerprint density at radius 1 is 0.973 bits per heavy atom. The summed E-state index contributed by atoms with van der Waals surface area (Å²) >= 11 is 0. The molecular weight excluding hydrogens is 486 g/mol. The highest BCUT2D eigenvalue weighted by Crippen LogP contribution is 2.34. The summed E-state index contributed by atoms with van der Waals surface area (Å²) in [5, 5.41) is 0. The molecule has 0 atom stereocenters. The van der Waals surface area contributed by atoms with E-state index in [2.05, 4.69) is 4.98 Å². The van der Waals surface area contributed by atoms with Gasteiger partial charge in [0.2, 0.25) is 11.8 Å². The van der Waals surface area contributed by atoms with Crippen LogP contribution in [0.25, 0.3) is 0 Å². The van der Waals surface area contributed by atoms with Gasteiger partial charge in [-0.15, -0.1) is 0 Å². The molecule has 0 aliphatic carbocycles. The number of aromatic nitrogens is 2. The third-order valence-corrected chi connectivity index (χ3v) is 6.29. The molecule has 0 spiro atoms. The number of amides is 1. The molecule has 2 aliphatic rings. The Hall–Kier alpha value is -3.99. The van der Waals surface area contributed by atoms with Gasteiger partial charge in [-0.2, -0.15) is 4.98 Å². The van der Waals surface area contributed by atoms with Crippen LogP contribution in [0.2, 0.25) is 0 Å². The second-order valence-electron chi connectivity index (χ2n) is 8.61. The molecule has 2 aliphatic heterocycles. The lowest BCUT2D eigenvalue weighted by molar-refractivity contribution is 0.0731. The van der Waals surface area contributed by atoms with Gasteiger partial charge >= 0.3 is 0 Å². The van der Waals surface area contributed by atoms with Crippen molar-refractivity contribution < 1.29 is 32.5 Å². The van der Waals surface area contributed by atoms with Gasteiger partial charge in [-0.05, 0) is 24.3 Å². The Balaban J connectivity index is 1.49. The van der Waals surface area contributed by atoms with Crippen molar-refractivity contribution in [1.82, 2.24) is 14.9 Å². The molecule has 2 aromatic carbocycles. The van der Waals surface area contributed by atoms with Crippen molar-refractivity contribution >= 4 is 11.9 Å². The molecule has 0 radical (unpaired) electrons. The summed E-state index contributed by atoms with van der Waals surface area (Å²) in [6.45, 7) is 2.84. The molecule has 3 heterocycles. The van der Waals surface area contributed by atoms with Crippen LogP contribution in [0.4, 0.5) is 14.7 Å². The maximum atomic E-state index is 14.5. The maximum Gasteiger partial charge on any atom is 0.254 e. The lowest BCUT2D eigenvalue weighted by atomic mass is 10.0. The smallest absolute Gasteiger partial charge is 0.254 e. The minimum atomic E-state index is -0.854. The number of morpholine rings is 1. The number of rotatable bonds is 6. The fourth-order valence-corrected chi connectivity index (χ4v) is 4.31. The van der Waals surface area contributed by atoms with E-state index in [0.717, 1.165) is 12.1 Å². The first-order chi connectivity index (χ1) is 17.9. The summed E-state index contributed by atoms with van der Waals surface area (Å²) in [6.07, 6.45) is 0.449. The van der Waals surface area contributed by atoms with Gasteiger partial charge in [-0.1, -0.05) is 0 Å². The standard InChI is InChI=1S/C26H26F2N4O5/c1-34-18-11-16(12-19(14-18)35-2)25(33)32-6-5-22-20(15-32)24(37-23-4-3-17(27)13-21(23)28)30-26(29-22)31-7-9-36-10-8-31/h3-4,11-14H,5-10,15H2,1-2H3. The molecule has 11 heteroatoms. The van der Waals surface area contributed by atoms with Gasteiger partial charge in [-0.25, -0.2) is 13.8 Å². The van der Waals surface area contributed by atoms with Crippen LogP contribution < -0.4 is 19.1 Å². The number of nitrogens with zero attached hydrogens (tertiary/aromatic N) is 4. The highest BCUT2D eigenvalue weighted by atomic mass is 19.1. The summed E-state index contributed by atoms with van der Waals surface area (Å²) in [6, 6.07) is 8.04. The Labute approximate surface area is 212 Å². The van der Waals surface area contributed by atoms with Crippen LogP contribution in [0.1, 0.15) is 21.6 Å². The van der Waals surface area contributed by atoms with Crippen molar-refractivity contribution in [2.45, 2.75) is 13.0 Å². The molecule has 1 fully saturated rings. The van der Waals surface area contributed by atoms with Gasteiger partial charge in [0, 0.05) is 43.8 Å². The average molecular weight is 513 g/mol. The summed E-state index contributed by atoms with van der Waals surface area (Å²) in [4.78, 5) is 26.4. The topological polar surface area (TPSA) is 86.3 Å². The van der Waals surface area contributed by atoms with Crippen LogP contribution in [0, 0.1) is 11.6 Å². The second-order valence-corrected chi connectivity index (χ2v) is 8.61. The quantitative estimate of drug-likeness (QED) is 0.495. The minimum Gasteiger partial charge on any atom is -0.497 e. The molecule has 5 rings (SSSR count). The zero-order chi connectivity index (χ0) is 25.9. The first-order valence-electron chi connectivity index (χ1n) is 11.8. The predicted molar refractivity (Wildman–Crippen MR) is 129 cm³/mol. The van der Waals surface area contributed by atoms with E-state index in [1.54, 1.807) is 23.1 Å². The summed E-state index contributed by atoms with van der Waals surface area (Å²) in [5.41, 5.74) is 1.68. The van der Waals surface area contributed by atoms with Crippen LogP contribution in [0.15, 0.2) is 36.4 Å². The molecule has 0 saturated carbocycles. The molecule has 0 bridgehead atoms. The third-order valence-electron chi connectivity index (χ3n) is 6.29. The van der Waals surface area contributed by atoms with E-state index in [1.807, 2.05) is 4.90 Å². The Morgan fingerprint density at radius 3 is 2.38 bits per heavy atom. The van der Waals surface area contributed by atoms with Crippen LogP contribution in [-0.2, 0) is 17.7 Å². The highest BCUT2D eigenvalue weighted by molar-refractivity contribution is 5.95. The molecule has 9 nitrogen and oxygen atoms in total. The van der Waals surface area contributed by atoms with E-state index >= 15 is 0 Å². The molecular formula is C26H26F2N4O5. The zero-order valence-corrected chi connectivity index (χ0v) is 20.5. The molecule has 1 saturated heterocycles. The van der Waals surface area contributed by atoms with E-state index in [-0.39, 0.29) is 24.1 Å². The number of methoxy groups -OCH3 is 2. The van der Waals surface area contributed by atoms with Gasteiger partial charge in [0.25, 0.3) is 5.91 Å². The Bertz CT molecular complexity index is 1290. The molecule has 37 heavy (non-hydrogen) atoms. The van der Waals surface area contributed by atoms with Crippen LogP contribution in [0.5, 0.6) is 23.1 Å². The Kier molecular flexibility index (Phi) is 7.04. The van der Waals surface area contributed by atoms with E-state index in [1.165, 1.54) is 20.3 Å². The molecule has 1 aromatic heterocycles.